The molecule has 1 heterocycles. The lowest BCUT2D eigenvalue weighted by Crippen LogP contribution is -2.53. The van der Waals surface area contributed by atoms with Gasteiger partial charge in [-0.05, 0) is 66.8 Å². The lowest BCUT2D eigenvalue weighted by Gasteiger charge is -2.41. The number of hydrogen-bond acceptors (Lipinski definition) is 4. The van der Waals surface area contributed by atoms with Crippen molar-refractivity contribution >= 4 is 36.2 Å². The highest BCUT2D eigenvalue weighted by molar-refractivity contribution is 6.30. The quantitative estimate of drug-likeness (QED) is 0.500. The maximum absolute atomic E-state index is 12.9. The van der Waals surface area contributed by atoms with Gasteiger partial charge < -0.3 is 19.9 Å². The molecule has 1 N–H and O–H groups in total. The number of benzene rings is 2. The van der Waals surface area contributed by atoms with Gasteiger partial charge in [0.1, 0.15) is 0 Å². The van der Waals surface area contributed by atoms with Gasteiger partial charge in [-0.3, -0.25) is 9.59 Å². The van der Waals surface area contributed by atoms with Crippen molar-refractivity contribution in [1.29, 1.82) is 0 Å². The maximum atomic E-state index is 12.9. The van der Waals surface area contributed by atoms with Gasteiger partial charge in [0.15, 0.2) is 0 Å². The van der Waals surface area contributed by atoms with E-state index in [1.165, 1.54) is 6.42 Å². The van der Waals surface area contributed by atoms with E-state index in [4.69, 9.17) is 16.3 Å². The zero-order valence-corrected chi connectivity index (χ0v) is 22.0. The van der Waals surface area contributed by atoms with E-state index in [2.05, 4.69) is 29.9 Å². The first-order valence-corrected chi connectivity index (χ1v) is 13.2. The zero-order valence-electron chi connectivity index (χ0n) is 21.3. The van der Waals surface area contributed by atoms with Gasteiger partial charge in [-0.1, -0.05) is 31.2 Å². The first-order chi connectivity index (χ1) is 17.4. The minimum atomic E-state index is -0.0725. The first-order valence-electron chi connectivity index (χ1n) is 12.8. The number of carbonyl (C=O) groups excluding carboxylic acids is 2. The number of ether oxygens (including phenoxy) is 1. The van der Waals surface area contributed by atoms with Crippen LogP contribution in [0.2, 0.25) is 5.02 Å². The molecule has 2 aromatic carbocycles. The average molecular weight is 510 g/mol. The third kappa shape index (κ3) is 6.29. The van der Waals surface area contributed by atoms with Crippen molar-refractivity contribution in [1.82, 2.24) is 15.1 Å². The lowest BCUT2D eigenvalue weighted by molar-refractivity contribution is 0.00440. The van der Waals surface area contributed by atoms with Crippen LogP contribution in [0.15, 0.2) is 36.4 Å². The number of carbonyl (C=O) groups is 2. The number of nitrogens with zero attached hydrogens (tertiary/aromatic N) is 2. The summed E-state index contributed by atoms with van der Waals surface area (Å²) in [7, 11) is 2.03. The molecule has 192 valence electrons. The fourth-order valence-corrected chi connectivity index (χ4v) is 4.92. The summed E-state index contributed by atoms with van der Waals surface area (Å²) in [5, 5.41) is 5.52. The van der Waals surface area contributed by atoms with Crippen molar-refractivity contribution in [2.75, 3.05) is 39.8 Å². The molecular formula is C29H36ClN3O3. The van der Waals surface area contributed by atoms with E-state index in [9.17, 15) is 9.59 Å². The number of likely N-dealkylation sites (tertiary alicyclic amines) is 1. The summed E-state index contributed by atoms with van der Waals surface area (Å²) in [5.74, 6) is 0.361. The molecule has 0 spiro atoms. The van der Waals surface area contributed by atoms with Crippen LogP contribution in [0.25, 0.3) is 12.8 Å². The molecule has 0 radical (unpaired) electrons. The van der Waals surface area contributed by atoms with Crippen LogP contribution in [0.5, 0.6) is 0 Å². The molecule has 2 aromatic rings. The Bertz CT molecular complexity index is 1190. The van der Waals surface area contributed by atoms with Gasteiger partial charge in [0.2, 0.25) is 0 Å². The lowest BCUT2D eigenvalue weighted by atomic mass is 9.96. The van der Waals surface area contributed by atoms with Gasteiger partial charge in [-0.25, -0.2) is 0 Å². The number of nitrogens with one attached hydrogen (secondary N) is 1. The highest BCUT2D eigenvalue weighted by Crippen LogP contribution is 2.22. The third-order valence-electron chi connectivity index (χ3n) is 7.07. The number of halogens is 1. The van der Waals surface area contributed by atoms with E-state index >= 15 is 0 Å². The molecule has 2 amide bonds. The largest absolute Gasteiger partial charge is 0.380 e. The molecule has 2 aliphatic rings. The predicted molar refractivity (Wildman–Crippen MR) is 144 cm³/mol. The van der Waals surface area contributed by atoms with E-state index in [-0.39, 0.29) is 11.8 Å². The van der Waals surface area contributed by atoms with Crippen LogP contribution in [-0.2, 0) is 11.2 Å². The van der Waals surface area contributed by atoms with Gasteiger partial charge in [0, 0.05) is 66.7 Å². The molecule has 0 unspecified atom stereocenters. The van der Waals surface area contributed by atoms with Gasteiger partial charge >= 0.3 is 0 Å². The van der Waals surface area contributed by atoms with Crippen LogP contribution < -0.4 is 15.8 Å². The number of rotatable bonds is 10. The summed E-state index contributed by atoms with van der Waals surface area (Å²) < 4.78 is 5.75. The topological polar surface area (TPSA) is 61.9 Å². The number of hydrogen-bond donors (Lipinski definition) is 1. The van der Waals surface area contributed by atoms with Crippen molar-refractivity contribution in [2.45, 2.75) is 38.7 Å². The molecule has 2 fully saturated rings. The Labute approximate surface area is 218 Å². The van der Waals surface area contributed by atoms with Gasteiger partial charge in [-0.2, -0.15) is 0 Å². The van der Waals surface area contributed by atoms with E-state index in [1.54, 1.807) is 24.3 Å². The molecule has 4 rings (SSSR count). The Morgan fingerprint density at radius 2 is 1.92 bits per heavy atom. The van der Waals surface area contributed by atoms with Crippen LogP contribution in [0.3, 0.4) is 0 Å². The molecule has 0 aromatic heterocycles. The zero-order chi connectivity index (χ0) is 25.7. The Hall–Kier alpha value is -2.83. The Balaban J connectivity index is 1.35. The SMILES string of the molecule is C=c1ccc(C(=O)NCCOC2CCC2)c(CC)/c1=C/N(C)CC1CN(C(=O)c2ccc(Cl)cc2)C1. The fraction of sp³-hybridized carbons (Fsp3) is 0.448. The van der Waals surface area contributed by atoms with E-state index in [0.29, 0.717) is 41.3 Å². The van der Waals surface area contributed by atoms with Gasteiger partial charge in [0.25, 0.3) is 11.8 Å². The summed E-state index contributed by atoms with van der Waals surface area (Å²) >= 11 is 5.93. The molecule has 1 saturated heterocycles. The normalized spacial score (nSPS) is 16.4. The molecule has 36 heavy (non-hydrogen) atoms. The fourth-order valence-electron chi connectivity index (χ4n) is 4.80. The van der Waals surface area contributed by atoms with E-state index in [1.807, 2.05) is 24.1 Å². The minimum Gasteiger partial charge on any atom is -0.380 e. The first kappa shape index (κ1) is 26.2. The number of amides is 2. The molecule has 0 bridgehead atoms. The van der Waals surface area contributed by atoms with Crippen LogP contribution >= 0.6 is 11.6 Å². The molecular weight excluding hydrogens is 474 g/mol. The molecule has 7 heteroatoms. The highest BCUT2D eigenvalue weighted by atomic mass is 35.5. The Morgan fingerprint density at radius 1 is 1.19 bits per heavy atom. The minimum absolute atomic E-state index is 0.0414. The van der Waals surface area contributed by atoms with E-state index < -0.39 is 0 Å². The van der Waals surface area contributed by atoms with Crippen LogP contribution in [0, 0.1) is 5.92 Å². The smallest absolute Gasteiger partial charge is 0.253 e. The summed E-state index contributed by atoms with van der Waals surface area (Å²) in [6, 6.07) is 10.8. The summed E-state index contributed by atoms with van der Waals surface area (Å²) in [4.78, 5) is 29.6. The molecule has 1 saturated carbocycles. The Kier molecular flexibility index (Phi) is 8.70. The van der Waals surface area contributed by atoms with Gasteiger partial charge in [0.05, 0.1) is 12.7 Å². The van der Waals surface area contributed by atoms with Crippen molar-refractivity contribution in [3.8, 4) is 0 Å². The van der Waals surface area contributed by atoms with Crippen molar-refractivity contribution in [3.63, 3.8) is 0 Å². The van der Waals surface area contributed by atoms with Crippen LogP contribution in [-0.4, -0.2) is 67.6 Å². The summed E-state index contributed by atoms with van der Waals surface area (Å²) in [5.41, 5.74) is 2.35. The van der Waals surface area contributed by atoms with Crippen molar-refractivity contribution in [3.05, 3.63) is 68.5 Å². The molecule has 1 aliphatic carbocycles. The maximum Gasteiger partial charge on any atom is 0.253 e. The highest BCUT2D eigenvalue weighted by Gasteiger charge is 2.31. The van der Waals surface area contributed by atoms with Crippen LogP contribution in [0.4, 0.5) is 0 Å². The molecule has 6 nitrogen and oxygen atoms in total. The predicted octanol–water partition coefficient (Wildman–Crippen LogP) is 3.05. The molecule has 1 aliphatic heterocycles. The summed E-state index contributed by atoms with van der Waals surface area (Å²) in [6.45, 7) is 9.60. The summed E-state index contributed by atoms with van der Waals surface area (Å²) in [6.07, 6.45) is 6.68. The monoisotopic (exact) mass is 509 g/mol. The van der Waals surface area contributed by atoms with E-state index in [0.717, 1.165) is 54.9 Å². The van der Waals surface area contributed by atoms with Crippen LogP contribution in [0.1, 0.15) is 52.5 Å². The Morgan fingerprint density at radius 3 is 2.56 bits per heavy atom. The second-order valence-corrected chi connectivity index (χ2v) is 10.3. The standard InChI is InChI=1S/C29H36ClN3O3/c1-4-25-26(28(34)31-14-15-36-24-6-5-7-24)13-8-20(2)27(25)19-32(3)16-21-17-33(18-21)29(35)22-9-11-23(30)12-10-22/h8-13,19,21,24H,2,4-7,14-18H2,1,3H3,(H,31,34)/b27-19+. The molecule has 0 atom stereocenters. The second kappa shape index (κ2) is 11.9. The second-order valence-electron chi connectivity index (χ2n) is 9.85. The average Bonchev–Trinajstić information content (AvgIpc) is 2.80. The van der Waals surface area contributed by atoms with Gasteiger partial charge in [-0.15, -0.1) is 0 Å². The van der Waals surface area contributed by atoms with Crippen molar-refractivity contribution in [2.24, 2.45) is 5.92 Å². The third-order valence-corrected chi connectivity index (χ3v) is 7.32. The van der Waals surface area contributed by atoms with Crippen molar-refractivity contribution < 1.29 is 14.3 Å².